The second-order valence-electron chi connectivity index (χ2n) is 9.66. The maximum absolute atomic E-state index is 11.4. The lowest BCUT2D eigenvalue weighted by molar-refractivity contribution is -0.150. The van der Waals surface area contributed by atoms with Crippen LogP contribution in [0.3, 0.4) is 0 Å². The molecule has 0 aliphatic carbocycles. The van der Waals surface area contributed by atoms with E-state index in [0.29, 0.717) is 46.5 Å². The topological polar surface area (TPSA) is 140 Å². The molecule has 0 saturated carbocycles. The van der Waals surface area contributed by atoms with E-state index in [0.717, 1.165) is 11.3 Å². The number of fused-ring (bicyclic) bond motifs is 1. The molecule has 216 valence electrons. The van der Waals surface area contributed by atoms with E-state index in [1.807, 2.05) is 47.0 Å². The van der Waals surface area contributed by atoms with E-state index in [-0.39, 0.29) is 19.1 Å². The zero-order valence-corrected chi connectivity index (χ0v) is 23.4. The van der Waals surface area contributed by atoms with Gasteiger partial charge in [-0.15, -0.1) is 0 Å². The summed E-state index contributed by atoms with van der Waals surface area (Å²) in [6, 6.07) is 18.6. The first kappa shape index (κ1) is 28.8. The SMILES string of the molecule is COC1OC(Cn2c(COc3cccc(Cl)c3)cc3c(NCCNC(C)=O)nc(-c4ccccc4)nc32)C(O)C1O. The van der Waals surface area contributed by atoms with Gasteiger partial charge in [0.05, 0.1) is 17.6 Å². The van der Waals surface area contributed by atoms with Gasteiger partial charge in [0, 0.05) is 37.7 Å². The number of nitrogens with one attached hydrogen (secondary N) is 2. The monoisotopic (exact) mass is 581 g/mol. The number of hydrogen-bond acceptors (Lipinski definition) is 9. The first-order valence-corrected chi connectivity index (χ1v) is 13.6. The number of aliphatic hydroxyl groups is 2. The molecule has 4 N–H and O–H groups in total. The minimum atomic E-state index is -1.20. The minimum Gasteiger partial charge on any atom is -0.487 e. The number of carbonyl (C=O) groups excluding carboxylic acids is 1. The molecule has 4 atom stereocenters. The van der Waals surface area contributed by atoms with Crippen LogP contribution >= 0.6 is 11.6 Å². The fourth-order valence-corrected chi connectivity index (χ4v) is 4.91. The Hall–Kier alpha value is -3.74. The number of benzene rings is 2. The van der Waals surface area contributed by atoms with Gasteiger partial charge in [-0.05, 0) is 24.3 Å². The van der Waals surface area contributed by atoms with Crippen molar-refractivity contribution in [3.8, 4) is 17.1 Å². The zero-order chi connectivity index (χ0) is 28.9. The Labute approximate surface area is 242 Å². The van der Waals surface area contributed by atoms with E-state index in [4.69, 9.17) is 35.8 Å². The number of aliphatic hydroxyl groups excluding tert-OH is 2. The van der Waals surface area contributed by atoms with Crippen LogP contribution in [0.15, 0.2) is 60.7 Å². The van der Waals surface area contributed by atoms with Gasteiger partial charge in [0.25, 0.3) is 0 Å². The molecular formula is C29H32ClN5O6. The first-order chi connectivity index (χ1) is 19.8. The summed E-state index contributed by atoms with van der Waals surface area (Å²) < 4.78 is 19.0. The molecule has 11 nitrogen and oxygen atoms in total. The van der Waals surface area contributed by atoms with Gasteiger partial charge in [-0.3, -0.25) is 4.79 Å². The molecule has 12 heteroatoms. The second-order valence-corrected chi connectivity index (χ2v) is 10.1. The molecule has 1 aliphatic rings. The highest BCUT2D eigenvalue weighted by molar-refractivity contribution is 6.30. The summed E-state index contributed by atoms with van der Waals surface area (Å²) in [6.45, 7) is 2.62. The predicted octanol–water partition coefficient (Wildman–Crippen LogP) is 2.97. The molecule has 2 aromatic carbocycles. The molecule has 41 heavy (non-hydrogen) atoms. The number of rotatable bonds is 11. The Morgan fingerprint density at radius 1 is 1.07 bits per heavy atom. The standard InChI is InChI=1S/C29H32ClN5O6/c1-17(36)31-11-12-32-27-22-14-20(16-40-21-10-6-9-19(30)13-21)35(15-23-24(37)25(38)29(39-2)41-23)28(22)34-26(33-27)18-7-4-3-5-8-18/h3-10,13-14,23-25,29,37-38H,11-12,15-16H2,1-2H3,(H,31,36)(H,32,33,34). The molecule has 1 amide bonds. The lowest BCUT2D eigenvalue weighted by atomic mass is 10.1. The lowest BCUT2D eigenvalue weighted by Crippen LogP contribution is -2.35. The van der Waals surface area contributed by atoms with Crippen molar-refractivity contribution in [1.82, 2.24) is 19.9 Å². The highest BCUT2D eigenvalue weighted by atomic mass is 35.5. The smallest absolute Gasteiger partial charge is 0.216 e. The number of halogens is 1. The van der Waals surface area contributed by atoms with Gasteiger partial charge in [0.1, 0.15) is 42.1 Å². The van der Waals surface area contributed by atoms with Crippen molar-refractivity contribution in [2.24, 2.45) is 0 Å². The van der Waals surface area contributed by atoms with Gasteiger partial charge in [0.2, 0.25) is 5.91 Å². The second kappa shape index (κ2) is 12.8. The van der Waals surface area contributed by atoms with E-state index in [9.17, 15) is 15.0 Å². The number of amides is 1. The minimum absolute atomic E-state index is 0.122. The Balaban J connectivity index is 1.57. The molecule has 4 aromatic rings. The highest BCUT2D eigenvalue weighted by Gasteiger charge is 2.43. The lowest BCUT2D eigenvalue weighted by Gasteiger charge is -2.18. The van der Waals surface area contributed by atoms with Gasteiger partial charge in [-0.2, -0.15) is 0 Å². The number of aromatic nitrogens is 3. The third-order valence-corrected chi connectivity index (χ3v) is 6.99. The summed E-state index contributed by atoms with van der Waals surface area (Å²) in [6.07, 6.45) is -4.10. The number of nitrogens with zero attached hydrogens (tertiary/aromatic N) is 3. The molecule has 5 rings (SSSR count). The molecule has 1 aliphatic heterocycles. The molecule has 4 unspecified atom stereocenters. The highest BCUT2D eigenvalue weighted by Crippen LogP contribution is 2.31. The van der Waals surface area contributed by atoms with Crippen LogP contribution in [0.2, 0.25) is 5.02 Å². The van der Waals surface area contributed by atoms with E-state index in [1.165, 1.54) is 14.0 Å². The van der Waals surface area contributed by atoms with Crippen LogP contribution in [0, 0.1) is 0 Å². The Kier molecular flexibility index (Phi) is 9.01. The third-order valence-electron chi connectivity index (χ3n) is 6.76. The van der Waals surface area contributed by atoms with E-state index in [2.05, 4.69) is 10.6 Å². The molecule has 0 bridgehead atoms. The van der Waals surface area contributed by atoms with Crippen LogP contribution in [0.5, 0.6) is 5.75 Å². The van der Waals surface area contributed by atoms with Crippen molar-refractivity contribution in [3.05, 3.63) is 71.4 Å². The molecule has 2 aromatic heterocycles. The quantitative estimate of drug-likeness (QED) is 0.197. The maximum Gasteiger partial charge on any atom is 0.216 e. The zero-order valence-electron chi connectivity index (χ0n) is 22.7. The van der Waals surface area contributed by atoms with E-state index >= 15 is 0 Å². The van der Waals surface area contributed by atoms with Crippen molar-refractivity contribution in [3.63, 3.8) is 0 Å². The van der Waals surface area contributed by atoms with Crippen LogP contribution in [0.4, 0.5) is 5.82 Å². The summed E-state index contributed by atoms with van der Waals surface area (Å²) in [7, 11) is 1.41. The molecule has 1 saturated heterocycles. The van der Waals surface area contributed by atoms with Crippen LogP contribution in [0.1, 0.15) is 12.6 Å². The average molecular weight is 582 g/mol. The predicted molar refractivity (Wildman–Crippen MR) is 154 cm³/mol. The Morgan fingerprint density at radius 3 is 2.59 bits per heavy atom. The van der Waals surface area contributed by atoms with Crippen LogP contribution in [-0.4, -0.2) is 75.5 Å². The number of anilines is 1. The van der Waals surface area contributed by atoms with E-state index < -0.39 is 24.6 Å². The van der Waals surface area contributed by atoms with Gasteiger partial charge in [-0.25, -0.2) is 9.97 Å². The Bertz CT molecular complexity index is 1500. The fourth-order valence-electron chi connectivity index (χ4n) is 4.72. The van der Waals surface area contributed by atoms with Gasteiger partial charge >= 0.3 is 0 Å². The Morgan fingerprint density at radius 2 is 1.88 bits per heavy atom. The van der Waals surface area contributed by atoms with Crippen LogP contribution < -0.4 is 15.4 Å². The normalized spacial score (nSPS) is 20.3. The number of hydrogen-bond donors (Lipinski definition) is 4. The number of methoxy groups -OCH3 is 1. The summed E-state index contributed by atoms with van der Waals surface area (Å²) in [5.74, 6) is 1.53. The summed E-state index contributed by atoms with van der Waals surface area (Å²) in [5.41, 5.74) is 2.13. The molecule has 0 spiro atoms. The number of carbonyl (C=O) groups is 1. The molecule has 3 heterocycles. The molecule has 1 fully saturated rings. The van der Waals surface area contributed by atoms with Crippen molar-refractivity contribution in [2.45, 2.75) is 44.7 Å². The summed E-state index contributed by atoms with van der Waals surface area (Å²) >= 11 is 6.15. The van der Waals surface area contributed by atoms with Crippen molar-refractivity contribution in [1.29, 1.82) is 0 Å². The fraction of sp³-hybridized carbons (Fsp3) is 0.345. The van der Waals surface area contributed by atoms with Gasteiger partial charge in [0.15, 0.2) is 12.1 Å². The third kappa shape index (κ3) is 6.61. The van der Waals surface area contributed by atoms with Crippen LogP contribution in [-0.2, 0) is 27.4 Å². The van der Waals surface area contributed by atoms with Gasteiger partial charge in [-0.1, -0.05) is 48.0 Å². The largest absolute Gasteiger partial charge is 0.487 e. The van der Waals surface area contributed by atoms with Crippen molar-refractivity contribution >= 4 is 34.4 Å². The molecule has 0 radical (unpaired) electrons. The van der Waals surface area contributed by atoms with Crippen molar-refractivity contribution in [2.75, 3.05) is 25.5 Å². The van der Waals surface area contributed by atoms with Gasteiger partial charge < -0.3 is 39.6 Å². The van der Waals surface area contributed by atoms with Crippen LogP contribution in [0.25, 0.3) is 22.4 Å². The average Bonchev–Trinajstić information content (AvgIpc) is 3.46. The van der Waals surface area contributed by atoms with Crippen molar-refractivity contribution < 1.29 is 29.2 Å². The summed E-state index contributed by atoms with van der Waals surface area (Å²) in [5, 5.41) is 28.5. The first-order valence-electron chi connectivity index (χ1n) is 13.2. The maximum atomic E-state index is 11.4. The van der Waals surface area contributed by atoms with E-state index in [1.54, 1.807) is 18.2 Å². The number of ether oxygens (including phenoxy) is 3. The molecular weight excluding hydrogens is 550 g/mol. The summed E-state index contributed by atoms with van der Waals surface area (Å²) in [4.78, 5) is 21.1.